The van der Waals surface area contributed by atoms with Crippen molar-refractivity contribution in [2.45, 2.75) is 32.6 Å². The molecule has 0 atom stereocenters. The first kappa shape index (κ1) is 16.3. The third kappa shape index (κ3) is 3.68. The van der Waals surface area contributed by atoms with E-state index in [1.165, 1.54) is 17.7 Å². The molecular formula is C17H19N5OS. The van der Waals surface area contributed by atoms with E-state index < -0.39 is 0 Å². The Morgan fingerprint density at radius 1 is 1.25 bits per heavy atom. The number of hydrogen-bond acceptors (Lipinski definition) is 5. The van der Waals surface area contributed by atoms with Gasteiger partial charge in [-0.1, -0.05) is 62.4 Å². The first-order valence-electron chi connectivity index (χ1n) is 7.63. The van der Waals surface area contributed by atoms with Gasteiger partial charge in [0.05, 0.1) is 12.1 Å². The summed E-state index contributed by atoms with van der Waals surface area (Å²) in [5, 5.41) is 8.52. The average Bonchev–Trinajstić information content (AvgIpc) is 3.16. The van der Waals surface area contributed by atoms with Gasteiger partial charge in [-0.3, -0.25) is 4.79 Å². The summed E-state index contributed by atoms with van der Waals surface area (Å²) in [6.45, 7) is 6.24. The van der Waals surface area contributed by atoms with E-state index >= 15 is 0 Å². The van der Waals surface area contributed by atoms with Gasteiger partial charge in [-0.2, -0.15) is 5.10 Å². The summed E-state index contributed by atoms with van der Waals surface area (Å²) in [4.78, 5) is 20.9. The predicted molar refractivity (Wildman–Crippen MR) is 94.5 cm³/mol. The fourth-order valence-corrected chi connectivity index (χ4v) is 3.39. The summed E-state index contributed by atoms with van der Waals surface area (Å²) in [6.07, 6.45) is 3.45. The molecule has 7 heteroatoms. The summed E-state index contributed by atoms with van der Waals surface area (Å²) in [5.74, 6) is -0.0828. The number of nitrogens with one attached hydrogen (secondary N) is 1. The molecule has 0 fully saturated rings. The number of benzene rings is 1. The molecule has 1 amide bonds. The molecule has 2 heterocycles. The van der Waals surface area contributed by atoms with E-state index in [0.717, 1.165) is 16.3 Å². The van der Waals surface area contributed by atoms with E-state index in [1.807, 2.05) is 30.3 Å². The van der Waals surface area contributed by atoms with Gasteiger partial charge in [0.15, 0.2) is 5.13 Å². The topological polar surface area (TPSA) is 72.7 Å². The fourth-order valence-electron chi connectivity index (χ4n) is 2.27. The molecule has 0 aliphatic rings. The number of hydrogen-bond donors (Lipinski definition) is 1. The normalized spacial score (nSPS) is 11.5. The summed E-state index contributed by atoms with van der Waals surface area (Å²) >= 11 is 1.40. The van der Waals surface area contributed by atoms with E-state index in [4.69, 9.17) is 0 Å². The lowest BCUT2D eigenvalue weighted by Gasteiger charge is -2.16. The van der Waals surface area contributed by atoms with Crippen molar-refractivity contribution in [3.63, 3.8) is 0 Å². The highest BCUT2D eigenvalue weighted by atomic mass is 32.1. The number of rotatable bonds is 4. The molecule has 0 unspecified atom stereocenters. The lowest BCUT2D eigenvalue weighted by Crippen LogP contribution is -2.16. The summed E-state index contributed by atoms with van der Waals surface area (Å²) < 4.78 is 1.69. The van der Waals surface area contributed by atoms with Crippen molar-refractivity contribution < 1.29 is 4.79 Å². The molecule has 0 radical (unpaired) electrons. The van der Waals surface area contributed by atoms with Gasteiger partial charge in [0.1, 0.15) is 17.7 Å². The van der Waals surface area contributed by atoms with Crippen LogP contribution in [0.1, 0.15) is 32.0 Å². The van der Waals surface area contributed by atoms with Crippen LogP contribution in [-0.4, -0.2) is 25.7 Å². The molecule has 0 saturated carbocycles. The second-order valence-corrected chi connectivity index (χ2v) is 7.45. The van der Waals surface area contributed by atoms with Gasteiger partial charge in [0.25, 0.3) is 0 Å². The monoisotopic (exact) mass is 341 g/mol. The SMILES string of the molecule is CC(C)(C)c1nc(NC(=O)Cc2ccccc2)sc1-n1cncn1. The maximum atomic E-state index is 12.3. The molecule has 24 heavy (non-hydrogen) atoms. The fraction of sp³-hybridized carbons (Fsp3) is 0.294. The largest absolute Gasteiger partial charge is 0.302 e. The van der Waals surface area contributed by atoms with E-state index in [-0.39, 0.29) is 11.3 Å². The first-order chi connectivity index (χ1) is 11.4. The lowest BCUT2D eigenvalue weighted by atomic mass is 9.92. The van der Waals surface area contributed by atoms with Crippen LogP contribution < -0.4 is 5.32 Å². The van der Waals surface area contributed by atoms with E-state index in [0.29, 0.717) is 11.6 Å². The summed E-state index contributed by atoms with van der Waals surface area (Å²) in [7, 11) is 0. The maximum absolute atomic E-state index is 12.3. The van der Waals surface area contributed by atoms with Crippen LogP contribution in [0.15, 0.2) is 43.0 Å². The van der Waals surface area contributed by atoms with E-state index in [9.17, 15) is 4.79 Å². The molecule has 6 nitrogen and oxygen atoms in total. The third-order valence-electron chi connectivity index (χ3n) is 3.40. The zero-order valence-electron chi connectivity index (χ0n) is 13.9. The smallest absolute Gasteiger partial charge is 0.230 e. The molecular weight excluding hydrogens is 322 g/mol. The van der Waals surface area contributed by atoms with Crippen molar-refractivity contribution >= 4 is 22.4 Å². The highest BCUT2D eigenvalue weighted by molar-refractivity contribution is 7.18. The van der Waals surface area contributed by atoms with Gasteiger partial charge < -0.3 is 5.32 Å². The van der Waals surface area contributed by atoms with Gasteiger partial charge in [-0.05, 0) is 5.56 Å². The highest BCUT2D eigenvalue weighted by Gasteiger charge is 2.25. The summed E-state index contributed by atoms with van der Waals surface area (Å²) in [6, 6.07) is 9.65. The van der Waals surface area contributed by atoms with Gasteiger partial charge in [0, 0.05) is 5.41 Å². The predicted octanol–water partition coefficient (Wildman–Crippen LogP) is 3.20. The molecule has 2 aromatic heterocycles. The number of nitrogens with zero attached hydrogens (tertiary/aromatic N) is 4. The van der Waals surface area contributed by atoms with Crippen molar-refractivity contribution in [3.8, 4) is 5.00 Å². The Labute approximate surface area is 144 Å². The van der Waals surface area contributed by atoms with Crippen LogP contribution in [0, 0.1) is 0 Å². The second kappa shape index (κ2) is 6.52. The Hall–Kier alpha value is -2.54. The zero-order chi connectivity index (χ0) is 17.2. The van der Waals surface area contributed by atoms with Crippen LogP contribution >= 0.6 is 11.3 Å². The van der Waals surface area contributed by atoms with Crippen LogP contribution in [0.4, 0.5) is 5.13 Å². The standard InChI is InChI=1S/C17H19N5OS/c1-17(2,3)14-15(22-11-18-10-19-22)24-16(21-14)20-13(23)9-12-7-5-4-6-8-12/h4-8,10-11H,9H2,1-3H3,(H,20,21,23). The molecule has 1 aromatic carbocycles. The van der Waals surface area contributed by atoms with Gasteiger partial charge in [-0.15, -0.1) is 0 Å². The number of carbonyl (C=O) groups excluding carboxylic acids is 1. The Balaban J connectivity index is 1.83. The van der Waals surface area contributed by atoms with Crippen LogP contribution in [0.3, 0.4) is 0 Å². The number of anilines is 1. The molecule has 3 aromatic rings. The van der Waals surface area contributed by atoms with Crippen molar-refractivity contribution in [2.24, 2.45) is 0 Å². The van der Waals surface area contributed by atoms with Crippen LogP contribution in [0.5, 0.6) is 0 Å². The highest BCUT2D eigenvalue weighted by Crippen LogP contribution is 2.34. The Morgan fingerprint density at radius 3 is 2.62 bits per heavy atom. The number of thiazole rings is 1. The molecule has 1 N–H and O–H groups in total. The van der Waals surface area contributed by atoms with E-state index in [1.54, 1.807) is 11.0 Å². The van der Waals surface area contributed by atoms with Crippen molar-refractivity contribution in [3.05, 3.63) is 54.2 Å². The van der Waals surface area contributed by atoms with Crippen LogP contribution in [0.2, 0.25) is 0 Å². The average molecular weight is 341 g/mol. The quantitative estimate of drug-likeness (QED) is 0.791. The minimum Gasteiger partial charge on any atom is -0.302 e. The Bertz CT molecular complexity index is 819. The molecule has 3 rings (SSSR count). The Kier molecular flexibility index (Phi) is 4.44. The molecule has 0 bridgehead atoms. The zero-order valence-corrected chi connectivity index (χ0v) is 14.7. The minimum absolute atomic E-state index is 0.0828. The number of carbonyl (C=O) groups is 1. The lowest BCUT2D eigenvalue weighted by molar-refractivity contribution is -0.115. The van der Waals surface area contributed by atoms with Crippen LogP contribution in [0.25, 0.3) is 5.00 Å². The summed E-state index contributed by atoms with van der Waals surface area (Å²) in [5.41, 5.74) is 1.69. The number of amides is 1. The maximum Gasteiger partial charge on any atom is 0.230 e. The second-order valence-electron chi connectivity index (χ2n) is 6.47. The van der Waals surface area contributed by atoms with Crippen molar-refractivity contribution in [1.82, 2.24) is 19.7 Å². The Morgan fingerprint density at radius 2 is 2.00 bits per heavy atom. The molecule has 0 aliphatic carbocycles. The van der Waals surface area contributed by atoms with Gasteiger partial charge in [-0.25, -0.2) is 14.6 Å². The minimum atomic E-state index is -0.166. The van der Waals surface area contributed by atoms with Gasteiger partial charge in [0.2, 0.25) is 5.91 Å². The van der Waals surface area contributed by atoms with Crippen molar-refractivity contribution in [2.75, 3.05) is 5.32 Å². The number of aromatic nitrogens is 4. The van der Waals surface area contributed by atoms with Crippen LogP contribution in [-0.2, 0) is 16.6 Å². The molecule has 0 saturated heterocycles. The first-order valence-corrected chi connectivity index (χ1v) is 8.45. The third-order valence-corrected chi connectivity index (χ3v) is 4.36. The van der Waals surface area contributed by atoms with E-state index in [2.05, 4.69) is 41.2 Å². The molecule has 0 aliphatic heterocycles. The molecule has 124 valence electrons. The van der Waals surface area contributed by atoms with Crippen molar-refractivity contribution in [1.29, 1.82) is 0 Å². The van der Waals surface area contributed by atoms with Gasteiger partial charge >= 0.3 is 0 Å². The molecule has 0 spiro atoms.